The molecule has 2 atom stereocenters. The minimum atomic E-state index is -0.199. The fourth-order valence-electron chi connectivity index (χ4n) is 2.86. The van der Waals surface area contributed by atoms with Crippen LogP contribution in [0.15, 0.2) is 42.6 Å². The minimum Gasteiger partial charge on any atom is -0.274 e. The highest BCUT2D eigenvalue weighted by Crippen LogP contribution is 2.34. The highest BCUT2D eigenvalue weighted by Gasteiger charge is 2.35. The second kappa shape index (κ2) is 3.19. The summed E-state index contributed by atoms with van der Waals surface area (Å²) < 4.78 is 1.70. The van der Waals surface area contributed by atoms with Crippen molar-refractivity contribution >= 4 is 22.9 Å². The van der Waals surface area contributed by atoms with E-state index in [2.05, 4.69) is 0 Å². The molecule has 1 aromatic heterocycles. The van der Waals surface area contributed by atoms with Gasteiger partial charge in [0.2, 0.25) is 0 Å². The molecule has 0 saturated carbocycles. The smallest absolute Gasteiger partial charge is 0.255 e. The molecule has 2 unspecified atom stereocenters. The van der Waals surface area contributed by atoms with Crippen LogP contribution in [-0.4, -0.2) is 15.7 Å². The topological polar surface area (TPSA) is 46.7 Å². The van der Waals surface area contributed by atoms with Crippen LogP contribution in [0.4, 0.5) is 0 Å². The van der Waals surface area contributed by atoms with Gasteiger partial charge in [-0.25, -0.2) is 5.21 Å². The van der Waals surface area contributed by atoms with Crippen LogP contribution in [0, 0.1) is 0 Å². The standard InChI is InChI=1S/C14H10N2O2/c17-13-6-5-12-14-10(7-8-15(12)18)9-3-1-2-4-11(9)16(13)14/h1-8,12,18H/p+1. The fourth-order valence-corrected chi connectivity index (χ4v) is 2.86. The van der Waals surface area contributed by atoms with Gasteiger partial charge >= 0.3 is 0 Å². The summed E-state index contributed by atoms with van der Waals surface area (Å²) in [7, 11) is 0. The van der Waals surface area contributed by atoms with E-state index >= 15 is 0 Å². The average Bonchev–Trinajstić information content (AvgIpc) is 2.72. The van der Waals surface area contributed by atoms with Crippen molar-refractivity contribution in [1.82, 2.24) is 4.57 Å². The Morgan fingerprint density at radius 2 is 2.06 bits per heavy atom. The van der Waals surface area contributed by atoms with Gasteiger partial charge < -0.3 is 0 Å². The van der Waals surface area contributed by atoms with Gasteiger partial charge in [-0.05, 0) is 12.1 Å². The largest absolute Gasteiger partial charge is 0.274 e. The molecule has 0 spiro atoms. The molecule has 4 heteroatoms. The Bertz CT molecular complexity index is 740. The molecule has 3 heterocycles. The van der Waals surface area contributed by atoms with Crippen LogP contribution in [0.1, 0.15) is 22.1 Å². The summed E-state index contributed by atoms with van der Waals surface area (Å²) in [5.74, 6) is -0.0493. The Balaban J connectivity index is 2.20. The van der Waals surface area contributed by atoms with Crippen LogP contribution >= 0.6 is 0 Å². The molecule has 0 aliphatic carbocycles. The van der Waals surface area contributed by atoms with E-state index in [1.807, 2.05) is 30.3 Å². The van der Waals surface area contributed by atoms with Gasteiger partial charge in [-0.1, -0.05) is 18.2 Å². The number of hydrogen-bond acceptors (Lipinski definition) is 2. The third-order valence-electron chi connectivity index (χ3n) is 3.64. The van der Waals surface area contributed by atoms with Crippen LogP contribution < -0.4 is 5.06 Å². The van der Waals surface area contributed by atoms with E-state index in [1.165, 1.54) is 6.08 Å². The second-order valence-corrected chi connectivity index (χ2v) is 4.58. The summed E-state index contributed by atoms with van der Waals surface area (Å²) in [6.45, 7) is 0. The molecule has 0 radical (unpaired) electrons. The number of carbonyl (C=O) groups is 1. The maximum Gasteiger partial charge on any atom is 0.255 e. The maximum atomic E-state index is 12.1. The Kier molecular flexibility index (Phi) is 1.74. The Hall–Kier alpha value is -2.17. The zero-order chi connectivity index (χ0) is 12.3. The number of para-hydroxylation sites is 1. The number of carbonyl (C=O) groups excluding carboxylic acids is 1. The summed E-state index contributed by atoms with van der Waals surface area (Å²) in [6, 6.07) is 7.63. The molecule has 88 valence electrons. The summed E-state index contributed by atoms with van der Waals surface area (Å²) in [5, 5.41) is 11.3. The van der Waals surface area contributed by atoms with Crippen molar-refractivity contribution in [2.75, 3.05) is 0 Å². The zero-order valence-electron chi connectivity index (χ0n) is 9.50. The van der Waals surface area contributed by atoms with Crippen molar-refractivity contribution in [3.8, 4) is 0 Å². The van der Waals surface area contributed by atoms with Crippen molar-refractivity contribution in [3.63, 3.8) is 0 Å². The van der Waals surface area contributed by atoms with E-state index in [-0.39, 0.29) is 17.0 Å². The van der Waals surface area contributed by atoms with Gasteiger partial charge in [0.1, 0.15) is 6.20 Å². The summed E-state index contributed by atoms with van der Waals surface area (Å²) in [6.07, 6.45) is 6.89. The molecule has 0 saturated heterocycles. The van der Waals surface area contributed by atoms with E-state index in [9.17, 15) is 10.0 Å². The lowest BCUT2D eigenvalue weighted by Gasteiger charge is -2.23. The lowest BCUT2D eigenvalue weighted by molar-refractivity contribution is -1.07. The minimum absolute atomic E-state index is 0.0493. The zero-order valence-corrected chi connectivity index (χ0v) is 9.50. The number of nitrogens with one attached hydrogen (secondary N) is 1. The highest BCUT2D eigenvalue weighted by atomic mass is 16.5. The van der Waals surface area contributed by atoms with Crippen molar-refractivity contribution in [2.45, 2.75) is 6.04 Å². The highest BCUT2D eigenvalue weighted by molar-refractivity contribution is 6.04. The van der Waals surface area contributed by atoms with Crippen molar-refractivity contribution in [3.05, 3.63) is 53.9 Å². The maximum absolute atomic E-state index is 12.1. The third kappa shape index (κ3) is 1.04. The Morgan fingerprint density at radius 3 is 2.94 bits per heavy atom. The number of hydroxylamine groups is 2. The SMILES string of the molecule is O=C1C=CC2c3c(c4ccccc4n31)C=C[NH+]2O. The number of aromatic nitrogens is 1. The number of benzene rings is 1. The van der Waals surface area contributed by atoms with Crippen LogP contribution in [0.25, 0.3) is 17.0 Å². The normalized spacial score (nSPS) is 24.6. The molecule has 0 amide bonds. The quantitative estimate of drug-likeness (QED) is 0.724. The van der Waals surface area contributed by atoms with Crippen molar-refractivity contribution in [2.24, 2.45) is 0 Å². The fraction of sp³-hybridized carbons (Fsp3) is 0.0714. The molecular weight excluding hydrogens is 228 g/mol. The predicted octanol–water partition coefficient (Wildman–Crippen LogP) is 1.15. The molecule has 18 heavy (non-hydrogen) atoms. The van der Waals surface area contributed by atoms with E-state index < -0.39 is 0 Å². The predicted molar refractivity (Wildman–Crippen MR) is 66.2 cm³/mol. The van der Waals surface area contributed by atoms with Crippen LogP contribution in [0.3, 0.4) is 0 Å². The molecule has 4 nitrogen and oxygen atoms in total. The van der Waals surface area contributed by atoms with Crippen LogP contribution in [0.2, 0.25) is 0 Å². The van der Waals surface area contributed by atoms with E-state index in [0.29, 0.717) is 0 Å². The number of fused-ring (bicyclic) bond motifs is 3. The van der Waals surface area contributed by atoms with E-state index in [1.54, 1.807) is 16.8 Å². The monoisotopic (exact) mass is 239 g/mol. The first-order chi connectivity index (χ1) is 8.77. The molecule has 2 N–H and O–H groups in total. The molecule has 4 rings (SSSR count). The van der Waals surface area contributed by atoms with Gasteiger partial charge in [-0.2, -0.15) is 5.06 Å². The van der Waals surface area contributed by atoms with Crippen LogP contribution in [-0.2, 0) is 0 Å². The van der Waals surface area contributed by atoms with Gasteiger partial charge in [0, 0.05) is 23.1 Å². The average molecular weight is 239 g/mol. The number of quaternary nitrogens is 1. The third-order valence-corrected chi connectivity index (χ3v) is 3.64. The summed E-state index contributed by atoms with van der Waals surface area (Å²) >= 11 is 0. The Labute approximate surface area is 103 Å². The molecule has 0 fully saturated rings. The van der Waals surface area contributed by atoms with Crippen molar-refractivity contribution in [1.29, 1.82) is 0 Å². The molecule has 0 bridgehead atoms. The Morgan fingerprint density at radius 1 is 1.22 bits per heavy atom. The van der Waals surface area contributed by atoms with Gasteiger partial charge in [0.25, 0.3) is 5.91 Å². The number of allylic oxidation sites excluding steroid dienone is 1. The first-order valence-corrected chi connectivity index (χ1v) is 5.87. The van der Waals surface area contributed by atoms with Gasteiger partial charge in [-0.3, -0.25) is 9.36 Å². The first-order valence-electron chi connectivity index (χ1n) is 5.87. The van der Waals surface area contributed by atoms with Gasteiger partial charge in [0.15, 0.2) is 6.04 Å². The van der Waals surface area contributed by atoms with E-state index in [0.717, 1.165) is 22.2 Å². The number of nitrogens with zero attached hydrogens (tertiary/aromatic N) is 1. The van der Waals surface area contributed by atoms with E-state index in [4.69, 9.17) is 0 Å². The molecule has 2 aromatic rings. The number of hydrogen-bond donors (Lipinski definition) is 2. The first kappa shape index (κ1) is 9.82. The van der Waals surface area contributed by atoms with Gasteiger partial charge in [0.05, 0.1) is 11.2 Å². The van der Waals surface area contributed by atoms with Crippen molar-refractivity contribution < 1.29 is 15.1 Å². The molecule has 2 aliphatic rings. The second-order valence-electron chi connectivity index (χ2n) is 4.58. The lowest BCUT2D eigenvalue weighted by atomic mass is 10.0. The molecular formula is C14H11N2O2+. The number of rotatable bonds is 0. The summed E-state index contributed by atoms with van der Waals surface area (Å²) in [4.78, 5) is 12.1. The van der Waals surface area contributed by atoms with Gasteiger partial charge in [-0.15, -0.1) is 0 Å². The molecule has 1 aromatic carbocycles. The lowest BCUT2D eigenvalue weighted by Crippen LogP contribution is -3.05. The summed E-state index contributed by atoms with van der Waals surface area (Å²) in [5.41, 5.74) is 2.82. The molecule has 2 aliphatic heterocycles. The van der Waals surface area contributed by atoms with Crippen LogP contribution in [0.5, 0.6) is 0 Å².